The molecule has 412 valence electrons. The monoisotopic (exact) mass is 1000 g/mol. The second-order valence-electron chi connectivity index (χ2n) is 20.0. The number of hydrogen-bond acceptors (Lipinski definition) is 6. The van der Waals surface area contributed by atoms with E-state index in [4.69, 9.17) is 14.2 Å². The van der Waals surface area contributed by atoms with E-state index in [1.807, 2.05) is 0 Å². The molecule has 0 bridgehead atoms. The molecule has 0 rings (SSSR count). The van der Waals surface area contributed by atoms with E-state index in [0.717, 1.165) is 83.5 Å². The van der Waals surface area contributed by atoms with Crippen molar-refractivity contribution in [1.29, 1.82) is 0 Å². The van der Waals surface area contributed by atoms with E-state index in [1.165, 1.54) is 154 Å². The zero-order valence-corrected chi connectivity index (χ0v) is 47.2. The van der Waals surface area contributed by atoms with E-state index >= 15 is 0 Å². The molecule has 0 saturated heterocycles. The van der Waals surface area contributed by atoms with Crippen LogP contribution in [-0.2, 0) is 28.6 Å². The molecule has 1 atom stereocenters. The van der Waals surface area contributed by atoms with Crippen LogP contribution in [0, 0.1) is 0 Å². The van der Waals surface area contributed by atoms with Gasteiger partial charge in [0, 0.05) is 19.3 Å². The van der Waals surface area contributed by atoms with Crippen molar-refractivity contribution in [3.8, 4) is 0 Å². The lowest BCUT2D eigenvalue weighted by atomic mass is 10.1. The van der Waals surface area contributed by atoms with Gasteiger partial charge < -0.3 is 14.2 Å². The number of carbonyl (C=O) groups excluding carboxylic acids is 3. The van der Waals surface area contributed by atoms with Gasteiger partial charge in [0.2, 0.25) is 0 Å². The molecule has 6 nitrogen and oxygen atoms in total. The average Bonchev–Trinajstić information content (AvgIpc) is 3.38. The average molecular weight is 1000 g/mol. The summed E-state index contributed by atoms with van der Waals surface area (Å²) in [6, 6.07) is 0. The van der Waals surface area contributed by atoms with Crippen LogP contribution in [0.3, 0.4) is 0 Å². The summed E-state index contributed by atoms with van der Waals surface area (Å²) < 4.78 is 16.8. The van der Waals surface area contributed by atoms with Crippen molar-refractivity contribution in [3.63, 3.8) is 0 Å². The number of carbonyl (C=O) groups is 3. The summed E-state index contributed by atoms with van der Waals surface area (Å²) in [5, 5.41) is 0. The van der Waals surface area contributed by atoms with Crippen LogP contribution in [0.1, 0.15) is 284 Å². The van der Waals surface area contributed by atoms with Crippen molar-refractivity contribution in [1.82, 2.24) is 0 Å². The molecule has 0 radical (unpaired) electrons. The first kappa shape index (κ1) is 68.3. The van der Waals surface area contributed by atoms with E-state index < -0.39 is 6.10 Å². The van der Waals surface area contributed by atoms with Crippen LogP contribution in [0.25, 0.3) is 0 Å². The normalized spacial score (nSPS) is 12.8. The summed E-state index contributed by atoms with van der Waals surface area (Å²) in [7, 11) is 0. The lowest BCUT2D eigenvalue weighted by Gasteiger charge is -2.18. The molecule has 0 aromatic carbocycles. The minimum atomic E-state index is -0.811. The molecular formula is C66H112O6. The fourth-order valence-electron chi connectivity index (χ4n) is 8.24. The quantitative estimate of drug-likeness (QED) is 0.0199. The molecule has 0 spiro atoms. The molecule has 0 aliphatic rings. The van der Waals surface area contributed by atoms with Crippen LogP contribution in [0.4, 0.5) is 0 Å². The Hall–Kier alpha value is -3.67. The molecule has 72 heavy (non-hydrogen) atoms. The Kier molecular flexibility index (Phi) is 56.8. The highest BCUT2D eigenvalue weighted by molar-refractivity contribution is 5.71. The number of unbranched alkanes of at least 4 members (excludes halogenated alkanes) is 29. The van der Waals surface area contributed by atoms with E-state index in [9.17, 15) is 14.4 Å². The van der Waals surface area contributed by atoms with Crippen molar-refractivity contribution in [3.05, 3.63) is 97.2 Å². The second-order valence-corrected chi connectivity index (χ2v) is 20.0. The Morgan fingerprint density at radius 2 is 0.556 bits per heavy atom. The van der Waals surface area contributed by atoms with E-state index in [0.29, 0.717) is 19.3 Å². The van der Waals surface area contributed by atoms with Crippen molar-refractivity contribution < 1.29 is 28.6 Å². The molecule has 0 N–H and O–H groups in total. The molecule has 0 aromatic heterocycles. The predicted molar refractivity (Wildman–Crippen MR) is 311 cm³/mol. The van der Waals surface area contributed by atoms with Gasteiger partial charge in [-0.25, -0.2) is 0 Å². The highest BCUT2D eigenvalue weighted by atomic mass is 16.6. The maximum atomic E-state index is 12.9. The van der Waals surface area contributed by atoms with Gasteiger partial charge in [-0.1, -0.05) is 253 Å². The fraction of sp³-hybridized carbons (Fsp3) is 0.712. The predicted octanol–water partition coefficient (Wildman–Crippen LogP) is 20.5. The number of esters is 3. The van der Waals surface area contributed by atoms with Crippen LogP contribution in [0.15, 0.2) is 97.2 Å². The summed E-state index contributed by atoms with van der Waals surface area (Å²) in [6.07, 6.45) is 79.7. The topological polar surface area (TPSA) is 78.9 Å². The number of allylic oxidation sites excluding steroid dienone is 16. The van der Waals surface area contributed by atoms with Crippen LogP contribution in [0.2, 0.25) is 0 Å². The van der Waals surface area contributed by atoms with Gasteiger partial charge in [-0.15, -0.1) is 0 Å². The minimum Gasteiger partial charge on any atom is -0.462 e. The van der Waals surface area contributed by atoms with Crippen molar-refractivity contribution in [2.24, 2.45) is 0 Å². The third kappa shape index (κ3) is 57.2. The summed E-state index contributed by atoms with van der Waals surface area (Å²) in [5.74, 6) is -0.974. The fourth-order valence-corrected chi connectivity index (χ4v) is 8.24. The molecule has 0 heterocycles. The molecule has 0 fully saturated rings. The smallest absolute Gasteiger partial charge is 0.306 e. The first-order valence-electron chi connectivity index (χ1n) is 30.3. The molecule has 6 heteroatoms. The Morgan fingerprint density at radius 1 is 0.292 bits per heavy atom. The van der Waals surface area contributed by atoms with Crippen LogP contribution < -0.4 is 0 Å². The number of hydrogen-bond donors (Lipinski definition) is 0. The SMILES string of the molecule is CCCCC/C=C\C=C/CCCCCCCCCCCCC(=O)OCC(COC(=O)CCC/C=C\C/C=C\C/C=C\C/C=C\CCCCC)OC(=O)CCCCCCC/C=C\C=C/CCCCCCCCC. The van der Waals surface area contributed by atoms with Gasteiger partial charge in [0.15, 0.2) is 6.10 Å². The molecule has 0 aliphatic heterocycles. The van der Waals surface area contributed by atoms with Crippen molar-refractivity contribution in [2.75, 3.05) is 13.2 Å². The van der Waals surface area contributed by atoms with Gasteiger partial charge in [-0.2, -0.15) is 0 Å². The van der Waals surface area contributed by atoms with Gasteiger partial charge in [0.25, 0.3) is 0 Å². The van der Waals surface area contributed by atoms with Gasteiger partial charge in [0.1, 0.15) is 13.2 Å². The van der Waals surface area contributed by atoms with Gasteiger partial charge in [-0.3, -0.25) is 14.4 Å². The van der Waals surface area contributed by atoms with Crippen molar-refractivity contribution >= 4 is 17.9 Å². The third-order valence-electron chi connectivity index (χ3n) is 12.8. The van der Waals surface area contributed by atoms with Gasteiger partial charge in [0.05, 0.1) is 0 Å². The summed E-state index contributed by atoms with van der Waals surface area (Å²) in [4.78, 5) is 38.2. The summed E-state index contributed by atoms with van der Waals surface area (Å²) in [6.45, 7) is 6.53. The minimum absolute atomic E-state index is 0.103. The molecule has 0 aromatic rings. The van der Waals surface area contributed by atoms with E-state index in [2.05, 4.69) is 118 Å². The Labute approximate surface area is 445 Å². The van der Waals surface area contributed by atoms with Crippen molar-refractivity contribution in [2.45, 2.75) is 290 Å². The lowest BCUT2D eigenvalue weighted by Crippen LogP contribution is -2.30. The maximum Gasteiger partial charge on any atom is 0.306 e. The van der Waals surface area contributed by atoms with Crippen LogP contribution in [-0.4, -0.2) is 37.2 Å². The van der Waals surface area contributed by atoms with Crippen LogP contribution >= 0.6 is 0 Å². The first-order valence-corrected chi connectivity index (χ1v) is 30.3. The molecule has 0 aliphatic carbocycles. The number of ether oxygens (including phenoxy) is 3. The molecule has 0 amide bonds. The highest BCUT2D eigenvalue weighted by Gasteiger charge is 2.19. The molecular weight excluding hydrogens is 889 g/mol. The van der Waals surface area contributed by atoms with Gasteiger partial charge in [-0.05, 0) is 109 Å². The standard InChI is InChI=1S/C66H112O6/c1-4-7-10-13-16-19-22-25-28-31-33-36-38-41-44-47-50-53-56-59-65(68)71-62-63(61-70-64(67)58-55-52-49-46-43-40-37-34-30-27-24-21-18-15-12-9-6-3)72-66(69)60-57-54-51-48-45-42-39-35-32-29-26-23-20-17-14-11-8-5-2/h16,18-19,21-22,25,27,29-30,32,35,37,39-40,46,49,63H,4-15,17,20,23-24,26,28,31,33-34,36,38,41-45,47-48,50-62H2,1-3H3/b19-16-,21-18-,25-22-,30-27-,32-29-,39-35-,40-37-,49-46-. The summed E-state index contributed by atoms with van der Waals surface area (Å²) >= 11 is 0. The Bertz CT molecular complexity index is 1430. The maximum absolute atomic E-state index is 12.9. The van der Waals surface area contributed by atoms with E-state index in [-0.39, 0.29) is 37.5 Å². The molecule has 0 saturated carbocycles. The first-order chi connectivity index (χ1) is 35.5. The Morgan fingerprint density at radius 3 is 0.944 bits per heavy atom. The Balaban J connectivity index is 4.49. The molecule has 1 unspecified atom stereocenters. The highest BCUT2D eigenvalue weighted by Crippen LogP contribution is 2.15. The largest absolute Gasteiger partial charge is 0.462 e. The van der Waals surface area contributed by atoms with E-state index in [1.54, 1.807) is 0 Å². The van der Waals surface area contributed by atoms with Gasteiger partial charge >= 0.3 is 17.9 Å². The second kappa shape index (κ2) is 59.9. The lowest BCUT2D eigenvalue weighted by molar-refractivity contribution is -0.167. The van der Waals surface area contributed by atoms with Crippen LogP contribution in [0.5, 0.6) is 0 Å². The third-order valence-corrected chi connectivity index (χ3v) is 12.8. The zero-order valence-electron chi connectivity index (χ0n) is 47.2. The zero-order chi connectivity index (χ0) is 52.2. The summed E-state index contributed by atoms with van der Waals surface area (Å²) in [5.41, 5.74) is 0. The number of rotatable bonds is 54.